The monoisotopic (exact) mass is 324 g/mol. The minimum atomic E-state index is -0.910. The van der Waals surface area contributed by atoms with Crippen LogP contribution in [0.3, 0.4) is 0 Å². The lowest BCUT2D eigenvalue weighted by molar-refractivity contribution is -0.137. The second-order valence-corrected chi connectivity index (χ2v) is 5.57. The lowest BCUT2D eigenvalue weighted by Crippen LogP contribution is -2.42. The van der Waals surface area contributed by atoms with Gasteiger partial charge in [-0.2, -0.15) is 4.98 Å². The van der Waals surface area contributed by atoms with Gasteiger partial charge in [0, 0.05) is 19.3 Å². The Morgan fingerprint density at radius 3 is 3.09 bits per heavy atom. The number of carbonyl (C=O) groups is 1. The van der Waals surface area contributed by atoms with Crippen molar-refractivity contribution in [2.45, 2.75) is 26.0 Å². The van der Waals surface area contributed by atoms with Crippen LogP contribution in [0.5, 0.6) is 0 Å². The van der Waals surface area contributed by atoms with E-state index in [2.05, 4.69) is 21.8 Å². The number of carboxylic acids is 1. The molecule has 118 valence electrons. The van der Waals surface area contributed by atoms with Crippen LogP contribution in [0.15, 0.2) is 12.3 Å². The van der Waals surface area contributed by atoms with Crippen LogP contribution in [0.2, 0.25) is 5.28 Å². The lowest BCUT2D eigenvalue weighted by atomic mass is 10.2. The summed E-state index contributed by atoms with van der Waals surface area (Å²) in [7, 11) is 0. The van der Waals surface area contributed by atoms with Crippen LogP contribution in [-0.4, -0.2) is 51.4 Å². The predicted octanol–water partition coefficient (Wildman–Crippen LogP) is 1.78. The fourth-order valence-corrected chi connectivity index (χ4v) is 2.89. The van der Waals surface area contributed by atoms with Gasteiger partial charge in [0.1, 0.15) is 12.1 Å². The third-order valence-electron chi connectivity index (χ3n) is 3.76. The van der Waals surface area contributed by atoms with E-state index in [9.17, 15) is 4.79 Å². The molecular weight excluding hydrogens is 308 g/mol. The van der Waals surface area contributed by atoms with E-state index < -0.39 is 5.97 Å². The van der Waals surface area contributed by atoms with Crippen molar-refractivity contribution >= 4 is 34.4 Å². The molecule has 22 heavy (non-hydrogen) atoms. The fourth-order valence-electron chi connectivity index (χ4n) is 2.72. The molecule has 0 bridgehead atoms. The average Bonchev–Trinajstić information content (AvgIpc) is 2.88. The third-order valence-corrected chi connectivity index (χ3v) is 3.93. The molecule has 0 amide bonds. The molecule has 8 heteroatoms. The maximum Gasteiger partial charge on any atom is 0.323 e. The molecule has 0 aliphatic carbocycles. The summed E-state index contributed by atoms with van der Waals surface area (Å²) in [5.74, 6) is -0.241. The molecule has 7 nitrogen and oxygen atoms in total. The topological polar surface area (TPSA) is 80.5 Å². The molecule has 1 aliphatic heterocycles. The van der Waals surface area contributed by atoms with E-state index in [1.807, 2.05) is 0 Å². The molecule has 1 aliphatic rings. The molecule has 1 N–H and O–H groups in total. The second-order valence-electron chi connectivity index (χ2n) is 5.23. The summed E-state index contributed by atoms with van der Waals surface area (Å²) in [6, 6.07) is 1.76. The maximum atomic E-state index is 11.0. The quantitative estimate of drug-likeness (QED) is 0.864. The van der Waals surface area contributed by atoms with Crippen LogP contribution in [0.1, 0.15) is 13.3 Å². The number of aliphatic carboxylic acids is 1. The minimum absolute atomic E-state index is 0.136. The van der Waals surface area contributed by atoms with Crippen molar-refractivity contribution in [2.75, 3.05) is 24.6 Å². The highest BCUT2D eigenvalue weighted by Crippen LogP contribution is 2.28. The Labute approximate surface area is 132 Å². The van der Waals surface area contributed by atoms with Gasteiger partial charge >= 0.3 is 5.97 Å². The van der Waals surface area contributed by atoms with Crippen molar-refractivity contribution in [1.82, 2.24) is 14.5 Å². The van der Waals surface area contributed by atoms with Crippen molar-refractivity contribution in [2.24, 2.45) is 0 Å². The first-order valence-corrected chi connectivity index (χ1v) is 7.57. The van der Waals surface area contributed by atoms with Gasteiger partial charge in [-0.05, 0) is 24.1 Å². The van der Waals surface area contributed by atoms with Gasteiger partial charge in [0.2, 0.25) is 5.28 Å². The van der Waals surface area contributed by atoms with Crippen LogP contribution in [-0.2, 0) is 16.1 Å². The predicted molar refractivity (Wildman–Crippen MR) is 82.4 cm³/mol. The van der Waals surface area contributed by atoms with E-state index in [4.69, 9.17) is 21.4 Å². The molecule has 2 aromatic heterocycles. The van der Waals surface area contributed by atoms with Crippen molar-refractivity contribution < 1.29 is 14.6 Å². The highest BCUT2D eigenvalue weighted by atomic mass is 35.5. The number of rotatable bonds is 4. The van der Waals surface area contributed by atoms with Gasteiger partial charge in [-0.25, -0.2) is 4.98 Å². The number of fused-ring (bicyclic) bond motifs is 1. The molecule has 0 spiro atoms. The molecule has 2 aromatic rings. The SMILES string of the molecule is CCC1CN(c2nc(Cl)nc3ccn(CC(=O)O)c23)CCO1. The number of hydrogen-bond acceptors (Lipinski definition) is 5. The van der Waals surface area contributed by atoms with Gasteiger partial charge < -0.3 is 19.3 Å². The van der Waals surface area contributed by atoms with E-state index in [0.29, 0.717) is 36.5 Å². The smallest absolute Gasteiger partial charge is 0.323 e. The van der Waals surface area contributed by atoms with E-state index >= 15 is 0 Å². The molecule has 1 atom stereocenters. The third kappa shape index (κ3) is 2.86. The number of morpholine rings is 1. The number of ether oxygens (including phenoxy) is 1. The molecule has 0 radical (unpaired) electrons. The van der Waals surface area contributed by atoms with Crippen LogP contribution in [0.25, 0.3) is 11.0 Å². The van der Waals surface area contributed by atoms with Crippen molar-refractivity contribution in [3.8, 4) is 0 Å². The number of anilines is 1. The summed E-state index contributed by atoms with van der Waals surface area (Å²) in [6.45, 7) is 3.95. The van der Waals surface area contributed by atoms with Gasteiger partial charge in [-0.1, -0.05) is 6.92 Å². The average molecular weight is 325 g/mol. The number of halogens is 1. The largest absolute Gasteiger partial charge is 0.480 e. The lowest BCUT2D eigenvalue weighted by Gasteiger charge is -2.33. The molecule has 1 saturated heterocycles. The first-order chi connectivity index (χ1) is 10.6. The standard InChI is InChI=1S/C14H17ClN4O3/c1-2-9-7-19(5-6-22-9)13-12-10(16-14(15)17-13)3-4-18(12)8-11(20)21/h3-4,9H,2,5-8H2,1H3,(H,20,21). The van der Waals surface area contributed by atoms with Crippen LogP contribution in [0.4, 0.5) is 5.82 Å². The van der Waals surface area contributed by atoms with E-state index in [0.717, 1.165) is 6.42 Å². The van der Waals surface area contributed by atoms with E-state index in [1.165, 1.54) is 0 Å². The summed E-state index contributed by atoms with van der Waals surface area (Å²) in [5.41, 5.74) is 1.35. The highest BCUT2D eigenvalue weighted by molar-refractivity contribution is 6.28. The number of nitrogens with zero attached hydrogens (tertiary/aromatic N) is 4. The van der Waals surface area contributed by atoms with Crippen LogP contribution < -0.4 is 4.90 Å². The zero-order valence-corrected chi connectivity index (χ0v) is 13.0. The number of carboxylic acid groups (broad SMARTS) is 1. The first-order valence-electron chi connectivity index (χ1n) is 7.19. The van der Waals surface area contributed by atoms with E-state index in [1.54, 1.807) is 16.8 Å². The Bertz CT molecular complexity index is 703. The number of hydrogen-bond donors (Lipinski definition) is 1. The van der Waals surface area contributed by atoms with Crippen molar-refractivity contribution in [1.29, 1.82) is 0 Å². The fraction of sp³-hybridized carbons (Fsp3) is 0.500. The Hall–Kier alpha value is -1.86. The maximum absolute atomic E-state index is 11.0. The Morgan fingerprint density at radius 2 is 2.36 bits per heavy atom. The van der Waals surface area contributed by atoms with Gasteiger partial charge in [-0.3, -0.25) is 4.79 Å². The molecule has 1 unspecified atom stereocenters. The van der Waals surface area contributed by atoms with Crippen LogP contribution >= 0.6 is 11.6 Å². The Balaban J connectivity index is 2.06. The summed E-state index contributed by atoms with van der Waals surface area (Å²) in [4.78, 5) is 21.7. The molecule has 3 rings (SSSR count). The zero-order chi connectivity index (χ0) is 15.7. The zero-order valence-electron chi connectivity index (χ0n) is 12.2. The summed E-state index contributed by atoms with van der Waals surface area (Å²) >= 11 is 6.02. The summed E-state index contributed by atoms with van der Waals surface area (Å²) < 4.78 is 7.32. The molecule has 1 fully saturated rings. The normalized spacial score (nSPS) is 18.8. The Kier molecular flexibility index (Phi) is 4.17. The molecule has 0 aromatic carbocycles. The van der Waals surface area contributed by atoms with Gasteiger partial charge in [-0.15, -0.1) is 0 Å². The molecule has 3 heterocycles. The van der Waals surface area contributed by atoms with Crippen molar-refractivity contribution in [3.05, 3.63) is 17.5 Å². The number of aromatic nitrogens is 3. The van der Waals surface area contributed by atoms with Crippen LogP contribution in [0, 0.1) is 0 Å². The molecule has 0 saturated carbocycles. The summed E-state index contributed by atoms with van der Waals surface area (Å²) in [5, 5.41) is 9.22. The summed E-state index contributed by atoms with van der Waals surface area (Å²) in [6.07, 6.45) is 2.75. The highest BCUT2D eigenvalue weighted by Gasteiger charge is 2.24. The Morgan fingerprint density at radius 1 is 1.55 bits per heavy atom. The van der Waals surface area contributed by atoms with Gasteiger partial charge in [0.15, 0.2) is 5.82 Å². The molecular formula is C14H17ClN4O3. The minimum Gasteiger partial charge on any atom is -0.480 e. The van der Waals surface area contributed by atoms with Crippen molar-refractivity contribution in [3.63, 3.8) is 0 Å². The second kappa shape index (κ2) is 6.10. The van der Waals surface area contributed by atoms with E-state index in [-0.39, 0.29) is 17.9 Å². The van der Waals surface area contributed by atoms with Gasteiger partial charge in [0.25, 0.3) is 0 Å². The first kappa shape index (κ1) is 15.1. The van der Waals surface area contributed by atoms with Gasteiger partial charge in [0.05, 0.1) is 18.2 Å².